The SMILES string of the molecule is CCC=CCC=CCC=CCC=CCC=CCC=CCCC(=O)NCCNP(=O)(OCC1OC(n2cnc(C(N)=O)n2)C(O)C1O)Oc1ccccc1. The zero-order chi connectivity index (χ0) is 38.2. The van der Waals surface area contributed by atoms with E-state index in [9.17, 15) is 24.4 Å². The van der Waals surface area contributed by atoms with Gasteiger partial charge in [0.1, 0.15) is 30.4 Å². The second-order valence-corrected chi connectivity index (χ2v) is 13.6. The van der Waals surface area contributed by atoms with Crippen molar-refractivity contribution in [3.8, 4) is 5.75 Å². The van der Waals surface area contributed by atoms with Crippen molar-refractivity contribution in [1.29, 1.82) is 0 Å². The molecule has 1 saturated heterocycles. The summed E-state index contributed by atoms with van der Waals surface area (Å²) in [5.74, 6) is -1.07. The van der Waals surface area contributed by atoms with Gasteiger partial charge in [-0.2, -0.15) is 0 Å². The first-order valence-corrected chi connectivity index (χ1v) is 19.4. The van der Waals surface area contributed by atoms with Crippen LogP contribution < -0.4 is 20.7 Å². The number of para-hydroxylation sites is 1. The maximum Gasteiger partial charge on any atom is 0.458 e. The average molecular weight is 753 g/mol. The van der Waals surface area contributed by atoms with Crippen LogP contribution in [0.15, 0.2) is 110 Å². The Bertz CT molecular complexity index is 1610. The Morgan fingerprint density at radius 3 is 2.04 bits per heavy atom. The van der Waals surface area contributed by atoms with Crippen LogP contribution in [-0.2, 0) is 18.6 Å². The van der Waals surface area contributed by atoms with Gasteiger partial charge in [0, 0.05) is 19.5 Å². The molecule has 2 heterocycles. The number of nitrogens with zero attached hydrogens (tertiary/aromatic N) is 3. The lowest BCUT2D eigenvalue weighted by Gasteiger charge is -2.22. The Morgan fingerprint density at radius 2 is 1.47 bits per heavy atom. The molecule has 288 valence electrons. The van der Waals surface area contributed by atoms with E-state index in [0.717, 1.165) is 49.5 Å². The molecular formula is C38H53N6O8P. The number of rotatable bonds is 25. The molecule has 1 aliphatic rings. The Balaban J connectivity index is 1.33. The maximum atomic E-state index is 13.7. The van der Waals surface area contributed by atoms with Gasteiger partial charge in [-0.25, -0.2) is 19.3 Å². The molecule has 2 amide bonds. The molecule has 5 atom stereocenters. The third kappa shape index (κ3) is 16.8. The monoisotopic (exact) mass is 752 g/mol. The van der Waals surface area contributed by atoms with Crippen molar-refractivity contribution < 1.29 is 38.2 Å². The van der Waals surface area contributed by atoms with Crippen molar-refractivity contribution >= 4 is 19.6 Å². The number of ether oxygens (including phenoxy) is 1. The molecule has 3 rings (SSSR count). The Morgan fingerprint density at radius 1 is 0.887 bits per heavy atom. The zero-order valence-corrected chi connectivity index (χ0v) is 31.1. The number of allylic oxidation sites excluding steroid dienone is 12. The van der Waals surface area contributed by atoms with Gasteiger partial charge in [0.15, 0.2) is 6.23 Å². The number of aliphatic hydroxyl groups is 2. The fourth-order valence-corrected chi connectivity index (χ4v) is 6.17. The molecule has 2 aromatic rings. The van der Waals surface area contributed by atoms with Gasteiger partial charge in [-0.1, -0.05) is 98.0 Å². The summed E-state index contributed by atoms with van der Waals surface area (Å²) in [7, 11) is -4.06. The molecule has 0 bridgehead atoms. The smallest absolute Gasteiger partial charge is 0.413 e. The molecular weight excluding hydrogens is 699 g/mol. The van der Waals surface area contributed by atoms with E-state index in [4.69, 9.17) is 19.5 Å². The third-order valence-corrected chi connectivity index (χ3v) is 9.14. The van der Waals surface area contributed by atoms with Crippen LogP contribution in [0, 0.1) is 0 Å². The molecule has 1 fully saturated rings. The molecule has 6 N–H and O–H groups in total. The number of hydrogen-bond donors (Lipinski definition) is 5. The fourth-order valence-electron chi connectivity index (χ4n) is 4.83. The van der Waals surface area contributed by atoms with Crippen LogP contribution in [0.25, 0.3) is 0 Å². The Hall–Kier alpha value is -4.43. The average Bonchev–Trinajstić information content (AvgIpc) is 3.75. The number of carbonyl (C=O) groups excluding carboxylic acids is 2. The van der Waals surface area contributed by atoms with Gasteiger partial charge in [-0.15, -0.1) is 5.10 Å². The van der Waals surface area contributed by atoms with Gasteiger partial charge in [0.25, 0.3) is 5.91 Å². The second-order valence-electron chi connectivity index (χ2n) is 11.9. The topological polar surface area (TPSA) is 200 Å². The lowest BCUT2D eigenvalue weighted by atomic mass is 10.1. The van der Waals surface area contributed by atoms with Crippen molar-refractivity contribution in [1.82, 2.24) is 25.2 Å². The van der Waals surface area contributed by atoms with Crippen LogP contribution >= 0.6 is 7.75 Å². The molecule has 1 aromatic carbocycles. The summed E-state index contributed by atoms with van der Waals surface area (Å²) in [5, 5.41) is 30.4. The van der Waals surface area contributed by atoms with Crippen LogP contribution in [0.5, 0.6) is 5.75 Å². The quantitative estimate of drug-likeness (QED) is 0.0495. The van der Waals surface area contributed by atoms with E-state index in [1.165, 1.54) is 0 Å². The summed E-state index contributed by atoms with van der Waals surface area (Å²) in [5.41, 5.74) is 5.18. The van der Waals surface area contributed by atoms with Crippen molar-refractivity contribution in [2.75, 3.05) is 19.7 Å². The van der Waals surface area contributed by atoms with Gasteiger partial charge in [-0.3, -0.25) is 14.1 Å². The highest BCUT2D eigenvalue weighted by molar-refractivity contribution is 7.52. The van der Waals surface area contributed by atoms with Gasteiger partial charge in [0.05, 0.1) is 6.61 Å². The van der Waals surface area contributed by atoms with E-state index in [2.05, 4.69) is 88.2 Å². The third-order valence-electron chi connectivity index (χ3n) is 7.59. The van der Waals surface area contributed by atoms with Crippen LogP contribution in [0.2, 0.25) is 0 Å². The lowest BCUT2D eigenvalue weighted by Crippen LogP contribution is -2.35. The minimum Gasteiger partial charge on any atom is -0.413 e. The number of primary amides is 1. The van der Waals surface area contributed by atoms with E-state index in [1.54, 1.807) is 30.3 Å². The van der Waals surface area contributed by atoms with Gasteiger partial charge < -0.3 is 30.5 Å². The molecule has 0 spiro atoms. The molecule has 14 nitrogen and oxygen atoms in total. The molecule has 0 aliphatic carbocycles. The number of aromatic nitrogens is 3. The van der Waals surface area contributed by atoms with Crippen molar-refractivity contribution in [2.45, 2.75) is 82.8 Å². The van der Waals surface area contributed by atoms with Gasteiger partial charge in [0.2, 0.25) is 11.7 Å². The first-order valence-electron chi connectivity index (χ1n) is 17.9. The largest absolute Gasteiger partial charge is 0.458 e. The van der Waals surface area contributed by atoms with Crippen LogP contribution in [-0.4, -0.2) is 74.8 Å². The first kappa shape index (κ1) is 43.0. The normalized spacial score (nSPS) is 20.5. The number of amides is 2. The molecule has 0 saturated carbocycles. The predicted octanol–water partition coefficient (Wildman–Crippen LogP) is 5.38. The van der Waals surface area contributed by atoms with Crippen LogP contribution in [0.3, 0.4) is 0 Å². The van der Waals surface area contributed by atoms with E-state index in [1.807, 2.05) is 12.2 Å². The van der Waals surface area contributed by atoms with E-state index in [0.29, 0.717) is 12.8 Å². The standard InChI is InChI=1S/C38H53N6O8P/c1-2-3-4-5-6-7-8-9-10-11-12-13-14-15-16-17-18-19-23-26-33(45)40-27-28-42-53(49,52-31-24-21-20-22-25-31)50-29-32-34(46)35(47)38(51-32)44-30-41-37(43-44)36(39)48/h3-4,6-7,9-10,12-13,15-16,18-22,24-25,30,32,34-35,38,46-47H,2,5,8,11,14,17,23,26-29H2,1H3,(H2,39,48)(H,40,45)(H,42,49). The summed E-state index contributed by atoms with van der Waals surface area (Å²) < 4.78 is 31.7. The number of nitrogens with two attached hydrogens (primary N) is 1. The van der Waals surface area contributed by atoms with E-state index < -0.39 is 44.8 Å². The molecule has 1 aromatic heterocycles. The predicted molar refractivity (Wildman–Crippen MR) is 204 cm³/mol. The Kier molecular flexibility index (Phi) is 20.1. The molecule has 0 radical (unpaired) electrons. The summed E-state index contributed by atoms with van der Waals surface area (Å²) in [6.07, 6.45) is 27.9. The number of benzene rings is 1. The summed E-state index contributed by atoms with van der Waals surface area (Å²) in [6, 6.07) is 8.34. The highest BCUT2D eigenvalue weighted by Gasteiger charge is 2.45. The lowest BCUT2D eigenvalue weighted by molar-refractivity contribution is -0.120. The van der Waals surface area contributed by atoms with Crippen LogP contribution in [0.4, 0.5) is 0 Å². The minimum atomic E-state index is -4.06. The van der Waals surface area contributed by atoms with Gasteiger partial charge in [-0.05, 0) is 57.1 Å². The maximum absolute atomic E-state index is 13.7. The zero-order valence-electron chi connectivity index (χ0n) is 30.2. The number of carbonyl (C=O) groups is 2. The number of aliphatic hydroxyl groups excluding tert-OH is 2. The summed E-state index contributed by atoms with van der Waals surface area (Å²) in [4.78, 5) is 27.4. The molecule has 15 heteroatoms. The number of nitrogens with one attached hydrogen (secondary N) is 2. The molecule has 5 unspecified atom stereocenters. The first-order chi connectivity index (χ1) is 25.7. The second kappa shape index (κ2) is 24.7. The van der Waals surface area contributed by atoms with E-state index in [-0.39, 0.29) is 30.6 Å². The summed E-state index contributed by atoms with van der Waals surface area (Å²) >= 11 is 0. The molecule has 53 heavy (non-hydrogen) atoms. The van der Waals surface area contributed by atoms with E-state index >= 15 is 0 Å². The highest BCUT2D eigenvalue weighted by atomic mass is 31.2. The van der Waals surface area contributed by atoms with Crippen molar-refractivity contribution in [2.24, 2.45) is 5.73 Å². The highest BCUT2D eigenvalue weighted by Crippen LogP contribution is 2.45. The van der Waals surface area contributed by atoms with Gasteiger partial charge >= 0.3 is 7.75 Å². The Labute approximate surface area is 311 Å². The summed E-state index contributed by atoms with van der Waals surface area (Å²) in [6.45, 7) is 1.88. The molecule has 1 aliphatic heterocycles. The van der Waals surface area contributed by atoms with Crippen molar-refractivity contribution in [3.63, 3.8) is 0 Å². The van der Waals surface area contributed by atoms with Crippen LogP contribution in [0.1, 0.15) is 75.1 Å². The number of hydrogen-bond acceptors (Lipinski definition) is 10. The fraction of sp³-hybridized carbons (Fsp3) is 0.421. The minimum absolute atomic E-state index is 0.0456. The van der Waals surface area contributed by atoms with Crippen molar-refractivity contribution in [3.05, 3.63) is 115 Å².